The summed E-state index contributed by atoms with van der Waals surface area (Å²) in [6, 6.07) is 7.33. The fraction of sp³-hybridized carbons (Fsp3) is 0.562. The van der Waals surface area contributed by atoms with Gasteiger partial charge >= 0.3 is 5.97 Å². The van der Waals surface area contributed by atoms with Gasteiger partial charge in [0.15, 0.2) is 0 Å². The van der Waals surface area contributed by atoms with Gasteiger partial charge in [-0.1, -0.05) is 19.1 Å². The maximum atomic E-state index is 11.6. The molecule has 4 nitrogen and oxygen atoms in total. The Hall–Kier alpha value is -1.55. The molecule has 1 aliphatic rings. The number of hydrogen-bond donors (Lipinski definition) is 1. The van der Waals surface area contributed by atoms with Crippen molar-refractivity contribution in [3.8, 4) is 0 Å². The molecule has 1 heterocycles. The van der Waals surface area contributed by atoms with Crippen molar-refractivity contribution in [3.63, 3.8) is 0 Å². The molecule has 1 aromatic carbocycles. The smallest absolute Gasteiger partial charge is 0.325 e. The highest BCUT2D eigenvalue weighted by atomic mass is 16.4. The van der Waals surface area contributed by atoms with E-state index in [0.29, 0.717) is 5.92 Å². The van der Waals surface area contributed by atoms with Gasteiger partial charge in [-0.15, -0.1) is 0 Å². The van der Waals surface area contributed by atoms with Crippen LogP contribution in [0, 0.1) is 5.92 Å². The van der Waals surface area contributed by atoms with E-state index >= 15 is 0 Å². The molecular formula is C16H24N2O2. The summed E-state index contributed by atoms with van der Waals surface area (Å²) in [5, 5.41) is 9.57. The van der Waals surface area contributed by atoms with Crippen LogP contribution in [0.25, 0.3) is 0 Å². The monoisotopic (exact) mass is 276 g/mol. The molecule has 0 radical (unpaired) electrons. The molecular weight excluding hydrogens is 252 g/mol. The fourth-order valence-electron chi connectivity index (χ4n) is 2.75. The van der Waals surface area contributed by atoms with E-state index in [1.807, 2.05) is 43.3 Å². The first kappa shape index (κ1) is 14.9. The summed E-state index contributed by atoms with van der Waals surface area (Å²) in [6.07, 6.45) is 2.17. The van der Waals surface area contributed by atoms with Crippen molar-refractivity contribution in [1.82, 2.24) is 4.90 Å². The van der Waals surface area contributed by atoms with Gasteiger partial charge in [0, 0.05) is 19.8 Å². The third-order valence-corrected chi connectivity index (χ3v) is 4.14. The van der Waals surface area contributed by atoms with Crippen molar-refractivity contribution in [3.05, 3.63) is 29.8 Å². The van der Waals surface area contributed by atoms with E-state index in [1.165, 1.54) is 0 Å². The lowest BCUT2D eigenvalue weighted by atomic mass is 9.95. The van der Waals surface area contributed by atoms with Crippen LogP contribution in [-0.4, -0.2) is 43.2 Å². The molecule has 0 aromatic heterocycles. The first-order chi connectivity index (χ1) is 9.49. The molecule has 20 heavy (non-hydrogen) atoms. The minimum Gasteiger partial charge on any atom is -0.480 e. The Balaban J connectivity index is 2.18. The first-order valence-electron chi connectivity index (χ1n) is 7.23. The van der Waals surface area contributed by atoms with E-state index in [9.17, 15) is 9.90 Å². The number of piperidine rings is 1. The predicted octanol–water partition coefficient (Wildman–Crippen LogP) is 2.61. The molecule has 1 unspecified atom stereocenters. The molecule has 1 aliphatic heterocycles. The van der Waals surface area contributed by atoms with Crippen molar-refractivity contribution in [2.45, 2.75) is 25.8 Å². The van der Waals surface area contributed by atoms with Gasteiger partial charge < -0.3 is 10.0 Å². The average Bonchev–Trinajstić information content (AvgIpc) is 2.41. The van der Waals surface area contributed by atoms with Crippen LogP contribution in [0.1, 0.15) is 31.4 Å². The third-order valence-electron chi connectivity index (χ3n) is 4.14. The number of carboxylic acid groups (broad SMARTS) is 1. The zero-order valence-electron chi connectivity index (χ0n) is 12.5. The normalized spacial score (nSPS) is 18.8. The Labute approximate surface area is 121 Å². The second-order valence-electron chi connectivity index (χ2n) is 5.95. The molecule has 0 saturated carbocycles. The number of aliphatic carboxylic acids is 1. The van der Waals surface area contributed by atoms with Crippen molar-refractivity contribution >= 4 is 11.7 Å². The Kier molecular flexibility index (Phi) is 4.65. The number of likely N-dealkylation sites (tertiary alicyclic amines) is 1. The highest BCUT2D eigenvalue weighted by Gasteiger charge is 2.29. The highest BCUT2D eigenvalue weighted by Crippen LogP contribution is 2.28. The van der Waals surface area contributed by atoms with Gasteiger partial charge in [-0.2, -0.15) is 0 Å². The summed E-state index contributed by atoms with van der Waals surface area (Å²) in [6.45, 7) is 3.97. The van der Waals surface area contributed by atoms with Gasteiger partial charge in [-0.05, 0) is 49.5 Å². The van der Waals surface area contributed by atoms with Crippen molar-refractivity contribution < 1.29 is 9.90 Å². The van der Waals surface area contributed by atoms with Crippen molar-refractivity contribution in [1.29, 1.82) is 0 Å². The molecule has 0 aliphatic carbocycles. The van der Waals surface area contributed by atoms with Crippen LogP contribution < -0.4 is 4.90 Å². The number of carboxylic acids is 1. The Bertz CT molecular complexity index is 448. The zero-order valence-corrected chi connectivity index (χ0v) is 12.5. The average molecular weight is 276 g/mol. The molecule has 0 spiro atoms. The molecule has 0 amide bonds. The van der Waals surface area contributed by atoms with Crippen LogP contribution in [0.4, 0.5) is 5.69 Å². The summed E-state index contributed by atoms with van der Waals surface area (Å²) < 4.78 is 0. The van der Waals surface area contributed by atoms with E-state index < -0.39 is 12.0 Å². The SMILES string of the molecule is CC1CCN(C(C(=O)O)c2ccc(N(C)C)cc2)CC1. The second kappa shape index (κ2) is 6.27. The van der Waals surface area contributed by atoms with Crippen LogP contribution in [0.2, 0.25) is 0 Å². The number of anilines is 1. The van der Waals surface area contributed by atoms with Crippen LogP contribution in [0.5, 0.6) is 0 Å². The maximum absolute atomic E-state index is 11.6. The van der Waals surface area contributed by atoms with Gasteiger partial charge in [0.05, 0.1) is 0 Å². The van der Waals surface area contributed by atoms with Crippen LogP contribution in [0.3, 0.4) is 0 Å². The molecule has 110 valence electrons. The van der Waals surface area contributed by atoms with Crippen LogP contribution in [0.15, 0.2) is 24.3 Å². The van der Waals surface area contributed by atoms with Gasteiger partial charge in [-0.25, -0.2) is 0 Å². The van der Waals surface area contributed by atoms with Crippen molar-refractivity contribution in [2.24, 2.45) is 5.92 Å². The topological polar surface area (TPSA) is 43.8 Å². The molecule has 1 atom stereocenters. The van der Waals surface area contributed by atoms with E-state index in [-0.39, 0.29) is 0 Å². The van der Waals surface area contributed by atoms with Crippen LogP contribution in [-0.2, 0) is 4.79 Å². The lowest BCUT2D eigenvalue weighted by Gasteiger charge is -2.34. The second-order valence-corrected chi connectivity index (χ2v) is 5.95. The standard InChI is InChI=1S/C16H24N2O2/c1-12-8-10-18(11-9-12)15(16(19)20)13-4-6-14(7-5-13)17(2)3/h4-7,12,15H,8-11H2,1-3H3,(H,19,20). The van der Waals surface area contributed by atoms with Gasteiger partial charge in [0.1, 0.15) is 6.04 Å². The number of nitrogens with zero attached hydrogens (tertiary/aromatic N) is 2. The van der Waals surface area contributed by atoms with Crippen LogP contribution >= 0.6 is 0 Å². The maximum Gasteiger partial charge on any atom is 0.325 e. The third kappa shape index (κ3) is 3.31. The summed E-state index contributed by atoms with van der Waals surface area (Å²) in [5.74, 6) is -0.0473. The zero-order chi connectivity index (χ0) is 14.7. The molecule has 2 rings (SSSR count). The molecule has 1 aromatic rings. The Morgan fingerprint density at radius 1 is 1.25 bits per heavy atom. The molecule has 4 heteroatoms. The largest absolute Gasteiger partial charge is 0.480 e. The van der Waals surface area contributed by atoms with Gasteiger partial charge in [0.2, 0.25) is 0 Å². The quantitative estimate of drug-likeness (QED) is 0.918. The molecule has 0 bridgehead atoms. The Morgan fingerprint density at radius 3 is 2.25 bits per heavy atom. The minimum absolute atomic E-state index is 0.515. The molecule has 1 fully saturated rings. The fourth-order valence-corrected chi connectivity index (χ4v) is 2.75. The Morgan fingerprint density at radius 2 is 1.80 bits per heavy atom. The summed E-state index contributed by atoms with van der Waals surface area (Å²) in [4.78, 5) is 15.8. The molecule has 1 N–H and O–H groups in total. The van der Waals surface area contributed by atoms with E-state index in [2.05, 4.69) is 11.8 Å². The predicted molar refractivity (Wildman–Crippen MR) is 81.1 cm³/mol. The van der Waals surface area contributed by atoms with E-state index in [0.717, 1.165) is 37.2 Å². The van der Waals surface area contributed by atoms with Gasteiger partial charge in [0.25, 0.3) is 0 Å². The summed E-state index contributed by atoms with van der Waals surface area (Å²) in [7, 11) is 3.96. The van der Waals surface area contributed by atoms with E-state index in [4.69, 9.17) is 0 Å². The minimum atomic E-state index is -0.753. The number of rotatable bonds is 4. The van der Waals surface area contributed by atoms with Gasteiger partial charge in [-0.3, -0.25) is 9.69 Å². The number of hydrogen-bond acceptors (Lipinski definition) is 3. The number of benzene rings is 1. The lowest BCUT2D eigenvalue weighted by molar-refractivity contribution is -0.144. The summed E-state index contributed by atoms with van der Waals surface area (Å²) >= 11 is 0. The molecule has 1 saturated heterocycles. The highest BCUT2D eigenvalue weighted by molar-refractivity contribution is 5.75. The van der Waals surface area contributed by atoms with Crippen molar-refractivity contribution in [2.75, 3.05) is 32.1 Å². The number of carbonyl (C=O) groups is 1. The summed E-state index contributed by atoms with van der Waals surface area (Å²) in [5.41, 5.74) is 1.96. The lowest BCUT2D eigenvalue weighted by Crippen LogP contribution is -2.39. The van der Waals surface area contributed by atoms with E-state index in [1.54, 1.807) is 0 Å². The first-order valence-corrected chi connectivity index (χ1v) is 7.23.